The Morgan fingerprint density at radius 2 is 1.68 bits per heavy atom. The zero-order valence-electron chi connectivity index (χ0n) is 35.6. The predicted octanol–water partition coefficient (Wildman–Crippen LogP) is 5.56. The summed E-state index contributed by atoms with van der Waals surface area (Å²) in [6, 6.07) is 18.1. The number of carbonyl (C=O) groups is 5. The maximum Gasteiger partial charge on any atom is 0.262 e. The highest BCUT2D eigenvalue weighted by molar-refractivity contribution is 6.23. The summed E-state index contributed by atoms with van der Waals surface area (Å²) in [5, 5.41) is 15.7. The van der Waals surface area contributed by atoms with Gasteiger partial charge in [-0.2, -0.15) is 5.26 Å². The Morgan fingerprint density at radius 1 is 0.905 bits per heavy atom. The summed E-state index contributed by atoms with van der Waals surface area (Å²) in [6.07, 6.45) is 10.6. The van der Waals surface area contributed by atoms with E-state index < -0.39 is 29.7 Å². The molecule has 2 saturated heterocycles. The van der Waals surface area contributed by atoms with Gasteiger partial charge in [0.25, 0.3) is 17.7 Å². The molecule has 2 aromatic heterocycles. The Morgan fingerprint density at radius 3 is 2.40 bits per heavy atom. The molecule has 5 aliphatic rings. The second-order valence-electron chi connectivity index (χ2n) is 17.8. The van der Waals surface area contributed by atoms with E-state index in [0.717, 1.165) is 92.9 Å². The number of hydrogen-bond acceptors (Lipinski definition) is 12. The van der Waals surface area contributed by atoms with Gasteiger partial charge in [-0.25, -0.2) is 4.98 Å². The molecule has 2 saturated carbocycles. The van der Waals surface area contributed by atoms with Gasteiger partial charge in [-0.1, -0.05) is 0 Å². The SMILES string of the molecule is CC(C)N(CC1CCN(c2ccc(C(=O)N[C@H]3CC[C@H](Oc4ccc(C#N)c5ncccc45)CC3)cn2)CC1)C1CC(Oc2ccc3c(c2)C(=O)N(C2CCC(=O)NC2=O)C3=O)C1. The normalized spacial score (nSPS) is 24.0. The summed E-state index contributed by atoms with van der Waals surface area (Å²) in [6.45, 7) is 7.26. The first-order valence-corrected chi connectivity index (χ1v) is 22.3. The van der Waals surface area contributed by atoms with Gasteiger partial charge in [0, 0.05) is 74.8 Å². The number of amides is 5. The number of anilines is 1. The highest BCUT2D eigenvalue weighted by Crippen LogP contribution is 2.36. The van der Waals surface area contributed by atoms with Crippen LogP contribution in [0.3, 0.4) is 0 Å². The fraction of sp³-hybridized carbons (Fsp3) is 0.458. The number of rotatable bonds is 12. The van der Waals surface area contributed by atoms with Crippen LogP contribution in [0.25, 0.3) is 10.9 Å². The lowest BCUT2D eigenvalue weighted by atomic mass is 9.85. The standard InChI is InChI=1S/C48H52N8O7/c1-28(2)55(33-22-36(23-33)62-35-11-12-37-39(24-35)48(61)56(47(37)60)40-13-16-43(57)53-46(40)59)27-29-17-20-54(21-18-29)42-15-6-31(26-51-42)45(58)52-32-7-9-34(10-8-32)63-41-14-5-30(25-49)44-38(41)4-3-19-50-44/h3-6,11-12,14-15,19,24,26,28-29,32-34,36,40H,7-10,13,16-18,20-23,27H2,1-2H3,(H,52,58)(H,53,57,59)/t32-,33?,34-,36?,40?. The second-order valence-corrected chi connectivity index (χ2v) is 17.8. The molecule has 0 bridgehead atoms. The van der Waals surface area contributed by atoms with Crippen LogP contribution in [0.4, 0.5) is 5.82 Å². The third-order valence-corrected chi connectivity index (χ3v) is 13.5. The van der Waals surface area contributed by atoms with E-state index in [9.17, 15) is 29.2 Å². The van der Waals surface area contributed by atoms with Crippen LogP contribution in [-0.4, -0.2) is 105 Å². The van der Waals surface area contributed by atoms with Crippen molar-refractivity contribution >= 4 is 46.3 Å². The van der Waals surface area contributed by atoms with Crippen LogP contribution in [0, 0.1) is 17.2 Å². The van der Waals surface area contributed by atoms with Crippen molar-refractivity contribution < 1.29 is 33.4 Å². The van der Waals surface area contributed by atoms with Gasteiger partial charge in [0.05, 0.1) is 33.9 Å². The molecule has 2 N–H and O–H groups in total. The number of nitriles is 1. The molecule has 15 nitrogen and oxygen atoms in total. The van der Waals surface area contributed by atoms with Crippen molar-refractivity contribution in [1.29, 1.82) is 5.26 Å². The number of piperidine rings is 2. The molecule has 1 unspecified atom stereocenters. The van der Waals surface area contributed by atoms with Crippen molar-refractivity contribution in [3.8, 4) is 17.6 Å². The van der Waals surface area contributed by atoms with E-state index in [2.05, 4.69) is 45.3 Å². The second kappa shape index (κ2) is 17.8. The van der Waals surface area contributed by atoms with Crippen LogP contribution in [0.15, 0.2) is 67.0 Å². The fourth-order valence-electron chi connectivity index (χ4n) is 9.87. The van der Waals surface area contributed by atoms with Gasteiger partial charge in [-0.3, -0.25) is 44.1 Å². The Hall–Kier alpha value is -6.40. The molecular weight excluding hydrogens is 801 g/mol. The van der Waals surface area contributed by atoms with Crippen LogP contribution in [0.5, 0.6) is 11.5 Å². The maximum atomic E-state index is 13.3. The Bertz CT molecular complexity index is 2460. The minimum absolute atomic E-state index is 0.0130. The Labute approximate surface area is 366 Å². The number of ether oxygens (including phenoxy) is 2. The minimum Gasteiger partial charge on any atom is -0.490 e. The number of pyridine rings is 2. The monoisotopic (exact) mass is 852 g/mol. The molecule has 2 aliphatic carbocycles. The summed E-state index contributed by atoms with van der Waals surface area (Å²) in [7, 11) is 0. The zero-order valence-corrected chi connectivity index (χ0v) is 35.6. The van der Waals surface area contributed by atoms with Gasteiger partial charge in [-0.15, -0.1) is 0 Å². The van der Waals surface area contributed by atoms with Gasteiger partial charge in [0.1, 0.15) is 35.5 Å². The first-order valence-electron chi connectivity index (χ1n) is 22.3. The topological polar surface area (TPSA) is 187 Å². The maximum absolute atomic E-state index is 13.3. The van der Waals surface area contributed by atoms with Crippen molar-refractivity contribution in [3.63, 3.8) is 0 Å². The molecule has 2 aromatic carbocycles. The van der Waals surface area contributed by atoms with Crippen molar-refractivity contribution in [2.45, 2.75) is 114 Å². The third kappa shape index (κ3) is 8.69. The number of fused-ring (bicyclic) bond motifs is 2. The molecule has 9 rings (SSSR count). The van der Waals surface area contributed by atoms with Crippen LogP contribution in [0.1, 0.15) is 115 Å². The van der Waals surface area contributed by atoms with Crippen molar-refractivity contribution in [3.05, 3.63) is 89.2 Å². The van der Waals surface area contributed by atoms with Crippen LogP contribution in [-0.2, 0) is 9.59 Å². The molecule has 15 heteroatoms. The van der Waals surface area contributed by atoms with Crippen molar-refractivity contribution in [2.75, 3.05) is 24.5 Å². The average Bonchev–Trinajstić information content (AvgIpc) is 3.52. The van der Waals surface area contributed by atoms with E-state index in [4.69, 9.17) is 14.5 Å². The highest BCUT2D eigenvalue weighted by atomic mass is 16.5. The first kappa shape index (κ1) is 41.9. The van der Waals surface area contributed by atoms with Crippen LogP contribution < -0.4 is 25.0 Å². The van der Waals surface area contributed by atoms with Gasteiger partial charge in [0.15, 0.2) is 0 Å². The van der Waals surface area contributed by atoms with E-state index in [-0.39, 0.29) is 48.1 Å². The molecular formula is C48H52N8O7. The number of imide groups is 2. The Balaban J connectivity index is 0.706. The summed E-state index contributed by atoms with van der Waals surface area (Å²) in [4.78, 5) is 78.6. The summed E-state index contributed by atoms with van der Waals surface area (Å²) in [5.74, 6) is 0.459. The van der Waals surface area contributed by atoms with Gasteiger partial charge >= 0.3 is 0 Å². The lowest BCUT2D eigenvalue weighted by molar-refractivity contribution is -0.136. The molecule has 326 valence electrons. The molecule has 63 heavy (non-hydrogen) atoms. The fourth-order valence-corrected chi connectivity index (χ4v) is 9.87. The minimum atomic E-state index is -1.00. The van der Waals surface area contributed by atoms with Gasteiger partial charge in [-0.05, 0) is 119 Å². The first-order chi connectivity index (χ1) is 30.5. The van der Waals surface area contributed by atoms with Crippen molar-refractivity contribution in [1.82, 2.24) is 30.4 Å². The average molecular weight is 853 g/mol. The lowest BCUT2D eigenvalue weighted by Gasteiger charge is -2.46. The van der Waals surface area contributed by atoms with E-state index in [0.29, 0.717) is 40.4 Å². The highest BCUT2D eigenvalue weighted by Gasteiger charge is 2.45. The molecule has 5 heterocycles. The molecule has 0 radical (unpaired) electrons. The van der Waals surface area contributed by atoms with Crippen molar-refractivity contribution in [2.24, 2.45) is 5.92 Å². The summed E-state index contributed by atoms with van der Waals surface area (Å²) >= 11 is 0. The Kier molecular flexibility index (Phi) is 11.8. The van der Waals surface area contributed by atoms with E-state index >= 15 is 0 Å². The van der Waals surface area contributed by atoms with E-state index in [1.165, 1.54) is 0 Å². The van der Waals surface area contributed by atoms with Gasteiger partial charge in [0.2, 0.25) is 11.8 Å². The third-order valence-electron chi connectivity index (χ3n) is 13.5. The van der Waals surface area contributed by atoms with Gasteiger partial charge < -0.3 is 19.7 Å². The quantitative estimate of drug-likeness (QED) is 0.169. The molecule has 4 fully saturated rings. The smallest absolute Gasteiger partial charge is 0.262 e. The van der Waals surface area contributed by atoms with E-state index in [1.807, 2.05) is 30.3 Å². The molecule has 5 amide bonds. The van der Waals surface area contributed by atoms with E-state index in [1.54, 1.807) is 36.7 Å². The molecule has 3 aliphatic heterocycles. The summed E-state index contributed by atoms with van der Waals surface area (Å²) < 4.78 is 12.7. The number of carbonyl (C=O) groups excluding carboxylic acids is 5. The lowest BCUT2D eigenvalue weighted by Crippen LogP contribution is -2.54. The molecule has 4 aromatic rings. The molecule has 0 spiro atoms. The number of nitrogens with one attached hydrogen (secondary N) is 2. The number of nitrogens with zero attached hydrogens (tertiary/aromatic N) is 6. The van der Waals surface area contributed by atoms with Crippen LogP contribution in [0.2, 0.25) is 0 Å². The number of benzene rings is 2. The predicted molar refractivity (Wildman–Crippen MR) is 232 cm³/mol. The summed E-state index contributed by atoms with van der Waals surface area (Å²) in [5.41, 5.74) is 2.18. The zero-order chi connectivity index (χ0) is 43.8. The largest absolute Gasteiger partial charge is 0.490 e. The number of hydrogen-bond donors (Lipinski definition) is 2. The number of aromatic nitrogens is 2. The molecule has 1 atom stereocenters. The van der Waals surface area contributed by atoms with Crippen LogP contribution >= 0.6 is 0 Å².